The fourth-order valence-corrected chi connectivity index (χ4v) is 2.94. The van der Waals surface area contributed by atoms with E-state index >= 15 is 0 Å². The molecule has 0 unspecified atom stereocenters. The van der Waals surface area contributed by atoms with E-state index in [-0.39, 0.29) is 6.61 Å². The molecule has 1 heterocycles. The molecular weight excluding hydrogens is 316 g/mol. The molecule has 3 rings (SSSR count). The monoisotopic (exact) mass is 341 g/mol. The molecule has 2 aromatic carbocycles. The second kappa shape index (κ2) is 7.15. The minimum absolute atomic E-state index is 0.224. The first-order valence-corrected chi connectivity index (χ1v) is 8.38. The van der Waals surface area contributed by atoms with Crippen molar-refractivity contribution in [3.8, 4) is 11.5 Å². The normalized spacial score (nSPS) is 12.4. The van der Waals surface area contributed by atoms with Crippen molar-refractivity contribution in [3.63, 3.8) is 0 Å². The largest absolute Gasteiger partial charge is 0.497 e. The van der Waals surface area contributed by atoms with E-state index in [1.54, 1.807) is 7.11 Å². The van der Waals surface area contributed by atoms with Gasteiger partial charge in [-0.3, -0.25) is 0 Å². The van der Waals surface area contributed by atoms with Crippen molar-refractivity contribution >= 4 is 11.0 Å². The van der Waals surface area contributed by atoms with Crippen LogP contribution in [0.15, 0.2) is 42.7 Å². The summed E-state index contributed by atoms with van der Waals surface area (Å²) < 4.78 is 15.0. The summed E-state index contributed by atoms with van der Waals surface area (Å²) >= 11 is 0. The molecule has 0 amide bonds. The molecule has 25 heavy (non-hydrogen) atoms. The van der Waals surface area contributed by atoms with Crippen molar-refractivity contribution in [3.05, 3.63) is 53.9 Å². The Morgan fingerprint density at radius 1 is 1.12 bits per heavy atom. The number of imidazole rings is 1. The number of aromatic nitrogens is 2. The zero-order valence-electron chi connectivity index (χ0n) is 15.2. The quantitative estimate of drug-likeness (QED) is 0.701. The number of hydrogen-bond donors (Lipinski definition) is 1. The molecule has 3 aromatic rings. The highest BCUT2D eigenvalue weighted by Crippen LogP contribution is 2.20. The van der Waals surface area contributed by atoms with Crippen molar-refractivity contribution in [2.24, 2.45) is 7.05 Å². The van der Waals surface area contributed by atoms with Crippen LogP contribution in [-0.2, 0) is 13.6 Å². The molecule has 0 bridgehead atoms. The summed E-state index contributed by atoms with van der Waals surface area (Å²) in [5.74, 6) is 1.43. The summed E-state index contributed by atoms with van der Waals surface area (Å²) in [5, 5.41) is 10.4. The molecule has 5 nitrogen and oxygen atoms in total. The third-order valence-electron chi connectivity index (χ3n) is 4.48. The predicted molar refractivity (Wildman–Crippen MR) is 97.1 cm³/mol. The Bertz CT molecular complexity index is 886. The maximum Gasteiger partial charge on any atom is 0.244 e. The Balaban J connectivity index is 1.71. The molecule has 1 N–H and O–H groups in total. The van der Waals surface area contributed by atoms with Crippen molar-refractivity contribution in [2.75, 3.05) is 13.7 Å². The molecule has 0 saturated heterocycles. The van der Waals surface area contributed by atoms with Crippen LogP contribution < -0.4 is 14.0 Å². The van der Waals surface area contributed by atoms with Crippen LogP contribution in [0.25, 0.3) is 11.0 Å². The molecule has 1 aromatic heterocycles. The molecule has 0 spiro atoms. The standard InChI is InChI=1S/C20H25N2O3/c1-14-8-19-20(9-15(14)2)22(13-21(19)3)11-16(23)12-25-18-7-5-6-17(10-18)24-4/h5-10,13,16,23H,11-12H2,1-4H3/q+1/t16-/m0/s1. The van der Waals surface area contributed by atoms with Crippen molar-refractivity contribution in [1.29, 1.82) is 0 Å². The molecule has 1 atom stereocenters. The van der Waals surface area contributed by atoms with E-state index in [2.05, 4.69) is 35.1 Å². The lowest BCUT2D eigenvalue weighted by atomic mass is 10.1. The van der Waals surface area contributed by atoms with Gasteiger partial charge in [0.05, 0.1) is 14.2 Å². The second-order valence-corrected chi connectivity index (χ2v) is 6.45. The van der Waals surface area contributed by atoms with E-state index in [9.17, 15) is 5.11 Å². The lowest BCUT2D eigenvalue weighted by molar-refractivity contribution is -0.645. The molecule has 0 aliphatic carbocycles. The van der Waals surface area contributed by atoms with Crippen LogP contribution in [0.5, 0.6) is 11.5 Å². The maximum absolute atomic E-state index is 10.4. The third kappa shape index (κ3) is 3.77. The van der Waals surface area contributed by atoms with Gasteiger partial charge in [-0.2, -0.15) is 0 Å². The lowest BCUT2D eigenvalue weighted by Crippen LogP contribution is -2.27. The molecule has 0 aliphatic rings. The predicted octanol–water partition coefficient (Wildman–Crippen LogP) is 2.53. The highest BCUT2D eigenvalue weighted by atomic mass is 16.5. The molecular formula is C20H25N2O3+. The van der Waals surface area contributed by atoms with Crippen LogP contribution in [0.4, 0.5) is 0 Å². The first kappa shape index (κ1) is 17.3. The van der Waals surface area contributed by atoms with Gasteiger partial charge in [0, 0.05) is 6.07 Å². The number of benzene rings is 2. The third-order valence-corrected chi connectivity index (χ3v) is 4.48. The number of nitrogens with zero attached hydrogens (tertiary/aromatic N) is 2. The lowest BCUT2D eigenvalue weighted by Gasteiger charge is -2.12. The van der Waals surface area contributed by atoms with Crippen LogP contribution >= 0.6 is 0 Å². The Labute approximate surface area is 148 Å². The summed E-state index contributed by atoms with van der Waals surface area (Å²) in [5.41, 5.74) is 4.78. The average Bonchev–Trinajstić information content (AvgIpc) is 2.89. The first-order valence-electron chi connectivity index (χ1n) is 8.38. The SMILES string of the molecule is COc1cccc(OC[C@@H](O)Cn2c[n+](C)c3cc(C)c(C)cc32)c1. The summed E-state index contributed by atoms with van der Waals surface area (Å²) in [4.78, 5) is 0. The number of aliphatic hydroxyl groups is 1. The van der Waals surface area contributed by atoms with Gasteiger partial charge in [0.25, 0.3) is 0 Å². The summed E-state index contributed by atoms with van der Waals surface area (Å²) in [6, 6.07) is 11.7. The highest BCUT2D eigenvalue weighted by Gasteiger charge is 2.18. The van der Waals surface area contributed by atoms with Gasteiger partial charge < -0.3 is 14.6 Å². The van der Waals surface area contributed by atoms with Gasteiger partial charge in [0.15, 0.2) is 11.0 Å². The van der Waals surface area contributed by atoms with Gasteiger partial charge in [0.1, 0.15) is 30.8 Å². The van der Waals surface area contributed by atoms with E-state index in [0.717, 1.165) is 16.8 Å². The topological polar surface area (TPSA) is 47.5 Å². The van der Waals surface area contributed by atoms with E-state index < -0.39 is 6.10 Å². The van der Waals surface area contributed by atoms with E-state index in [1.165, 1.54) is 11.1 Å². The van der Waals surface area contributed by atoms with Crippen LogP contribution in [0.3, 0.4) is 0 Å². The zero-order valence-corrected chi connectivity index (χ0v) is 15.2. The maximum atomic E-state index is 10.4. The molecule has 0 saturated carbocycles. The number of fused-ring (bicyclic) bond motifs is 1. The number of methoxy groups -OCH3 is 1. The minimum Gasteiger partial charge on any atom is -0.497 e. The van der Waals surface area contributed by atoms with Crippen LogP contribution in [0, 0.1) is 13.8 Å². The number of aliphatic hydroxyl groups excluding tert-OH is 1. The molecule has 0 aliphatic heterocycles. The minimum atomic E-state index is -0.608. The number of aryl methyl sites for hydroxylation is 3. The van der Waals surface area contributed by atoms with Crippen LogP contribution in [0.2, 0.25) is 0 Å². The Morgan fingerprint density at radius 2 is 1.84 bits per heavy atom. The van der Waals surface area contributed by atoms with Gasteiger partial charge in [-0.15, -0.1) is 0 Å². The van der Waals surface area contributed by atoms with Crippen molar-refractivity contribution in [2.45, 2.75) is 26.5 Å². The number of rotatable bonds is 6. The Kier molecular flexibility index (Phi) is 4.95. The molecule has 132 valence electrons. The highest BCUT2D eigenvalue weighted by molar-refractivity contribution is 5.74. The van der Waals surface area contributed by atoms with Crippen molar-refractivity contribution in [1.82, 2.24) is 4.57 Å². The molecule has 0 radical (unpaired) electrons. The van der Waals surface area contributed by atoms with E-state index in [0.29, 0.717) is 12.3 Å². The Morgan fingerprint density at radius 3 is 2.60 bits per heavy atom. The summed E-state index contributed by atoms with van der Waals surface area (Å²) in [7, 11) is 3.64. The second-order valence-electron chi connectivity index (χ2n) is 6.45. The van der Waals surface area contributed by atoms with Gasteiger partial charge >= 0.3 is 0 Å². The van der Waals surface area contributed by atoms with E-state index in [1.807, 2.05) is 37.6 Å². The fraction of sp³-hybridized carbons (Fsp3) is 0.350. The summed E-state index contributed by atoms with van der Waals surface area (Å²) in [6.45, 7) is 4.92. The molecule has 0 fully saturated rings. The first-order chi connectivity index (χ1) is 12.0. The van der Waals surface area contributed by atoms with E-state index in [4.69, 9.17) is 9.47 Å². The van der Waals surface area contributed by atoms with Crippen LogP contribution in [0.1, 0.15) is 11.1 Å². The van der Waals surface area contributed by atoms with Crippen LogP contribution in [-0.4, -0.2) is 29.5 Å². The zero-order chi connectivity index (χ0) is 18.0. The Hall–Kier alpha value is -2.53. The number of ether oxygens (including phenoxy) is 2. The van der Waals surface area contributed by atoms with Gasteiger partial charge in [-0.25, -0.2) is 9.13 Å². The average molecular weight is 341 g/mol. The van der Waals surface area contributed by atoms with Crippen molar-refractivity contribution < 1.29 is 19.1 Å². The fourth-order valence-electron chi connectivity index (χ4n) is 2.94. The van der Waals surface area contributed by atoms with Gasteiger partial charge in [-0.1, -0.05) is 6.07 Å². The number of hydrogen-bond acceptors (Lipinski definition) is 3. The molecule has 5 heteroatoms. The van der Waals surface area contributed by atoms with Gasteiger partial charge in [0.2, 0.25) is 6.33 Å². The summed E-state index contributed by atoms with van der Waals surface area (Å²) in [6.07, 6.45) is 1.40. The smallest absolute Gasteiger partial charge is 0.244 e. The van der Waals surface area contributed by atoms with Gasteiger partial charge in [-0.05, 0) is 49.2 Å².